The first-order valence-electron chi connectivity index (χ1n) is 38.6. The molecule has 0 aliphatic rings. The largest absolute Gasteiger partial charge is 0.472 e. The van der Waals surface area contributed by atoms with Gasteiger partial charge in [0, 0.05) is 25.7 Å². The van der Waals surface area contributed by atoms with Crippen LogP contribution in [0.4, 0.5) is 0 Å². The van der Waals surface area contributed by atoms with Gasteiger partial charge in [-0.15, -0.1) is 0 Å². The van der Waals surface area contributed by atoms with Crippen LogP contribution in [-0.2, 0) is 65.4 Å². The van der Waals surface area contributed by atoms with Crippen molar-refractivity contribution < 1.29 is 80.2 Å². The topological polar surface area (TPSA) is 237 Å². The first-order valence-corrected chi connectivity index (χ1v) is 41.6. The number of hydrogen-bond acceptors (Lipinski definition) is 15. The van der Waals surface area contributed by atoms with Crippen LogP contribution in [0.5, 0.6) is 0 Å². The molecule has 0 spiro atoms. The number of rotatable bonds is 73. The van der Waals surface area contributed by atoms with Gasteiger partial charge in [-0.05, 0) is 37.5 Å². The summed E-state index contributed by atoms with van der Waals surface area (Å²) in [6.07, 6.45) is 53.0. The molecule has 93 heavy (non-hydrogen) atoms. The molecule has 17 nitrogen and oxygen atoms in total. The fourth-order valence-corrected chi connectivity index (χ4v) is 12.8. The van der Waals surface area contributed by atoms with E-state index in [0.717, 1.165) is 108 Å². The van der Waals surface area contributed by atoms with Crippen LogP contribution in [0.25, 0.3) is 0 Å². The molecule has 0 aliphatic carbocycles. The highest BCUT2D eigenvalue weighted by molar-refractivity contribution is 7.47. The van der Waals surface area contributed by atoms with Crippen molar-refractivity contribution in [2.75, 3.05) is 39.6 Å². The molecule has 0 rings (SSSR count). The number of aliphatic hydroxyl groups is 1. The van der Waals surface area contributed by atoms with Crippen LogP contribution in [0, 0.1) is 11.8 Å². The average molecular weight is 1370 g/mol. The fraction of sp³-hybridized carbons (Fsp3) is 0.946. The quantitative estimate of drug-likeness (QED) is 0.0222. The van der Waals surface area contributed by atoms with E-state index in [0.29, 0.717) is 25.7 Å². The maximum absolute atomic E-state index is 13.1. The van der Waals surface area contributed by atoms with E-state index in [-0.39, 0.29) is 25.7 Å². The van der Waals surface area contributed by atoms with E-state index >= 15 is 0 Å². The zero-order valence-corrected chi connectivity index (χ0v) is 62.3. The van der Waals surface area contributed by atoms with Crippen molar-refractivity contribution in [3.05, 3.63) is 0 Å². The van der Waals surface area contributed by atoms with Gasteiger partial charge in [0.05, 0.1) is 26.4 Å². The van der Waals surface area contributed by atoms with Crippen molar-refractivity contribution in [2.24, 2.45) is 11.8 Å². The van der Waals surface area contributed by atoms with Crippen LogP contribution < -0.4 is 0 Å². The standard InChI is InChI=1S/C74H144O17P2/c1-7-11-13-15-16-17-18-28-35-40-46-52-58-73(78)90-69(62-84-71(76)56-50-42-14-12-8-2)64-88-92(80,81)86-60-68(75)61-87-93(82,83)89-65-70(63-85-72(77)57-51-45-39-34-31-30-33-38-44-49-55-67(6)10-4)91-74(79)59-53-47-41-36-29-26-24-22-20-19-21-23-25-27-32-37-43-48-54-66(5)9-3/h66-70,75H,7-65H2,1-6H3,(H,80,81)(H,82,83)/t66?,67?,68-,69+,70+/m0/s1. The highest BCUT2D eigenvalue weighted by Gasteiger charge is 2.30. The van der Waals surface area contributed by atoms with Gasteiger partial charge < -0.3 is 33.8 Å². The summed E-state index contributed by atoms with van der Waals surface area (Å²) in [6, 6.07) is 0. The molecule has 0 bridgehead atoms. The Hall–Kier alpha value is -1.94. The van der Waals surface area contributed by atoms with Gasteiger partial charge in [-0.2, -0.15) is 0 Å². The Balaban J connectivity index is 5.11. The summed E-state index contributed by atoms with van der Waals surface area (Å²) in [7, 11) is -9.90. The zero-order valence-electron chi connectivity index (χ0n) is 60.6. The summed E-state index contributed by atoms with van der Waals surface area (Å²) < 4.78 is 68.2. The molecule has 0 aliphatic heterocycles. The van der Waals surface area contributed by atoms with Crippen LogP contribution >= 0.6 is 15.6 Å². The first kappa shape index (κ1) is 91.1. The summed E-state index contributed by atoms with van der Waals surface area (Å²) in [5.74, 6) is -0.449. The fourth-order valence-electron chi connectivity index (χ4n) is 11.2. The minimum Gasteiger partial charge on any atom is -0.462 e. The molecule has 4 unspecified atom stereocenters. The summed E-state index contributed by atoms with van der Waals surface area (Å²) in [6.45, 7) is 9.58. The van der Waals surface area contributed by atoms with Crippen LogP contribution in [0.1, 0.15) is 382 Å². The third-order valence-corrected chi connectivity index (χ3v) is 19.8. The molecule has 0 aromatic rings. The van der Waals surface area contributed by atoms with Crippen molar-refractivity contribution in [1.82, 2.24) is 0 Å². The number of hydrogen-bond donors (Lipinski definition) is 3. The van der Waals surface area contributed by atoms with Crippen molar-refractivity contribution >= 4 is 39.5 Å². The number of esters is 4. The molecule has 7 atom stereocenters. The van der Waals surface area contributed by atoms with Crippen LogP contribution in [0.15, 0.2) is 0 Å². The SMILES string of the molecule is CCCCCCCCCCCCCCC(=O)O[C@H](COC(=O)CCCCCCC)COP(=O)(O)OC[C@H](O)COP(=O)(O)OC[C@@H](COC(=O)CCCCCCCCCCCCC(C)CC)OC(=O)CCCCCCCCCCCCCCCCCCCCC(C)CC. The molecule has 19 heteroatoms. The minimum atomic E-state index is -4.95. The molecular weight excluding hydrogens is 1220 g/mol. The van der Waals surface area contributed by atoms with Crippen molar-refractivity contribution in [3.63, 3.8) is 0 Å². The average Bonchev–Trinajstić information content (AvgIpc) is 2.77. The summed E-state index contributed by atoms with van der Waals surface area (Å²) >= 11 is 0. The highest BCUT2D eigenvalue weighted by atomic mass is 31.2. The van der Waals surface area contributed by atoms with E-state index in [4.69, 9.17) is 37.0 Å². The molecule has 3 N–H and O–H groups in total. The lowest BCUT2D eigenvalue weighted by molar-refractivity contribution is -0.161. The van der Waals surface area contributed by atoms with Gasteiger partial charge >= 0.3 is 39.5 Å². The Bertz CT molecular complexity index is 1810. The number of ether oxygens (including phenoxy) is 4. The maximum Gasteiger partial charge on any atom is 0.472 e. The Morgan fingerprint density at radius 3 is 0.763 bits per heavy atom. The Morgan fingerprint density at radius 1 is 0.301 bits per heavy atom. The van der Waals surface area contributed by atoms with Gasteiger partial charge in [-0.3, -0.25) is 37.3 Å². The van der Waals surface area contributed by atoms with E-state index in [2.05, 4.69) is 41.5 Å². The van der Waals surface area contributed by atoms with Gasteiger partial charge in [-0.1, -0.05) is 330 Å². The predicted molar refractivity (Wildman–Crippen MR) is 377 cm³/mol. The second-order valence-corrected chi connectivity index (χ2v) is 30.1. The second kappa shape index (κ2) is 66.0. The Kier molecular flexibility index (Phi) is 64.6. The number of carbonyl (C=O) groups excluding carboxylic acids is 4. The Morgan fingerprint density at radius 2 is 0.516 bits per heavy atom. The third kappa shape index (κ3) is 65.8. The van der Waals surface area contributed by atoms with Gasteiger partial charge in [0.1, 0.15) is 19.3 Å². The van der Waals surface area contributed by atoms with Gasteiger partial charge in [-0.25, -0.2) is 9.13 Å². The summed E-state index contributed by atoms with van der Waals surface area (Å²) in [4.78, 5) is 72.4. The number of aliphatic hydroxyl groups excluding tert-OH is 1. The molecule has 0 saturated carbocycles. The molecule has 0 saturated heterocycles. The maximum atomic E-state index is 13.1. The monoisotopic (exact) mass is 1370 g/mol. The zero-order chi connectivity index (χ0) is 68.6. The van der Waals surface area contributed by atoms with E-state index in [1.54, 1.807) is 0 Å². The van der Waals surface area contributed by atoms with E-state index in [1.807, 2.05) is 0 Å². The molecule has 0 aromatic carbocycles. The van der Waals surface area contributed by atoms with Crippen molar-refractivity contribution in [1.29, 1.82) is 0 Å². The van der Waals surface area contributed by atoms with Gasteiger partial charge in [0.25, 0.3) is 0 Å². The van der Waals surface area contributed by atoms with E-state index in [1.165, 1.54) is 193 Å². The van der Waals surface area contributed by atoms with Gasteiger partial charge in [0.15, 0.2) is 12.2 Å². The lowest BCUT2D eigenvalue weighted by atomic mass is 9.99. The van der Waals surface area contributed by atoms with Crippen LogP contribution in [0.3, 0.4) is 0 Å². The smallest absolute Gasteiger partial charge is 0.462 e. The Labute approximate surface area is 568 Å². The van der Waals surface area contributed by atoms with Gasteiger partial charge in [0.2, 0.25) is 0 Å². The molecule has 0 aromatic heterocycles. The molecule has 0 radical (unpaired) electrons. The summed E-state index contributed by atoms with van der Waals surface area (Å²) in [5, 5.41) is 10.6. The lowest BCUT2D eigenvalue weighted by Gasteiger charge is -2.21. The van der Waals surface area contributed by atoms with E-state index in [9.17, 15) is 43.2 Å². The predicted octanol–water partition coefficient (Wildman–Crippen LogP) is 21.6. The second-order valence-electron chi connectivity index (χ2n) is 27.2. The lowest BCUT2D eigenvalue weighted by Crippen LogP contribution is -2.30. The molecule has 0 heterocycles. The molecular formula is C74H144O17P2. The molecule has 552 valence electrons. The third-order valence-electron chi connectivity index (χ3n) is 17.9. The number of phosphoric ester groups is 2. The van der Waals surface area contributed by atoms with E-state index < -0.39 is 97.5 Å². The first-order chi connectivity index (χ1) is 44.9. The van der Waals surface area contributed by atoms with Crippen molar-refractivity contribution in [3.8, 4) is 0 Å². The normalized spacial score (nSPS) is 14.6. The molecule has 0 amide bonds. The van der Waals surface area contributed by atoms with Crippen molar-refractivity contribution in [2.45, 2.75) is 400 Å². The highest BCUT2D eigenvalue weighted by Crippen LogP contribution is 2.45. The number of unbranched alkanes of at least 4 members (excludes halogenated alkanes) is 41. The number of phosphoric acid groups is 2. The molecule has 0 fully saturated rings. The van der Waals surface area contributed by atoms with Crippen LogP contribution in [-0.4, -0.2) is 96.7 Å². The summed E-state index contributed by atoms with van der Waals surface area (Å²) in [5.41, 5.74) is 0. The minimum absolute atomic E-state index is 0.106. The number of carbonyl (C=O) groups is 4. The van der Waals surface area contributed by atoms with Crippen LogP contribution in [0.2, 0.25) is 0 Å².